The first-order valence-electron chi connectivity index (χ1n) is 8.52. The van der Waals surface area contributed by atoms with Crippen molar-refractivity contribution in [2.24, 2.45) is 5.10 Å². The normalized spacial score (nSPS) is 10.8. The van der Waals surface area contributed by atoms with Gasteiger partial charge >= 0.3 is 0 Å². The molecule has 4 nitrogen and oxygen atoms in total. The first kappa shape index (κ1) is 17.9. The molecule has 0 unspecified atom stereocenters. The van der Waals surface area contributed by atoms with Crippen LogP contribution in [0.15, 0.2) is 77.2 Å². The number of thiophene rings is 1. The molecule has 0 aliphatic rings. The average Bonchev–Trinajstić information content (AvgIpc) is 3.22. The van der Waals surface area contributed by atoms with Crippen LogP contribution < -0.4 is 10.3 Å². The summed E-state index contributed by atoms with van der Waals surface area (Å²) in [5.41, 5.74) is 5.94. The lowest BCUT2D eigenvalue weighted by molar-refractivity contribution is 0.0959. The number of nitrogens with zero attached hydrogens (tertiary/aromatic N) is 2. The molecule has 0 saturated heterocycles. The molecule has 0 aliphatic carbocycles. The highest BCUT2D eigenvalue weighted by Gasteiger charge is 2.06. The molecule has 1 N–H and O–H groups in total. The van der Waals surface area contributed by atoms with Gasteiger partial charge in [0.25, 0.3) is 5.91 Å². The quantitative estimate of drug-likeness (QED) is 0.495. The first-order chi connectivity index (χ1) is 12.8. The van der Waals surface area contributed by atoms with E-state index >= 15 is 0 Å². The van der Waals surface area contributed by atoms with Gasteiger partial charge in [0.1, 0.15) is 0 Å². The van der Waals surface area contributed by atoms with Crippen molar-refractivity contribution < 1.29 is 4.79 Å². The fourth-order valence-corrected chi connectivity index (χ4v) is 3.20. The molecule has 0 atom stereocenters. The van der Waals surface area contributed by atoms with E-state index in [9.17, 15) is 4.79 Å². The van der Waals surface area contributed by atoms with E-state index in [1.807, 2.05) is 29.6 Å². The number of benzene rings is 2. The van der Waals surface area contributed by atoms with Crippen LogP contribution in [0.25, 0.3) is 0 Å². The molecule has 0 saturated carbocycles. The van der Waals surface area contributed by atoms with E-state index in [2.05, 4.69) is 58.7 Å². The van der Waals surface area contributed by atoms with Crippen LogP contribution in [-0.2, 0) is 6.54 Å². The van der Waals surface area contributed by atoms with Crippen LogP contribution in [0.2, 0.25) is 0 Å². The second-order valence-electron chi connectivity index (χ2n) is 5.77. The second-order valence-corrected chi connectivity index (χ2v) is 6.72. The molecular weight excluding hydrogens is 342 g/mol. The molecule has 1 aromatic heterocycles. The molecule has 0 bridgehead atoms. The summed E-state index contributed by atoms with van der Waals surface area (Å²) in [7, 11) is 0. The minimum Gasteiger partial charge on any atom is -0.367 e. The number of amides is 1. The van der Waals surface area contributed by atoms with Crippen molar-refractivity contribution in [2.45, 2.75) is 13.5 Å². The molecule has 0 aliphatic heterocycles. The zero-order valence-corrected chi connectivity index (χ0v) is 15.4. The maximum atomic E-state index is 11.8. The fourth-order valence-electron chi connectivity index (χ4n) is 2.59. The van der Waals surface area contributed by atoms with E-state index in [1.54, 1.807) is 12.3 Å². The van der Waals surface area contributed by atoms with Crippen molar-refractivity contribution in [1.82, 2.24) is 5.43 Å². The van der Waals surface area contributed by atoms with Gasteiger partial charge < -0.3 is 4.90 Å². The van der Waals surface area contributed by atoms with E-state index in [0.717, 1.165) is 24.3 Å². The minimum absolute atomic E-state index is 0.187. The van der Waals surface area contributed by atoms with Crippen molar-refractivity contribution in [3.05, 3.63) is 88.1 Å². The number of hydrogen-bond donors (Lipinski definition) is 1. The zero-order valence-electron chi connectivity index (χ0n) is 14.6. The van der Waals surface area contributed by atoms with Gasteiger partial charge in [0.2, 0.25) is 0 Å². The summed E-state index contributed by atoms with van der Waals surface area (Å²) in [6.45, 7) is 3.96. The third kappa shape index (κ3) is 4.80. The second kappa shape index (κ2) is 8.97. The molecule has 5 heteroatoms. The largest absolute Gasteiger partial charge is 0.367 e. The first-order valence-corrected chi connectivity index (χ1v) is 9.40. The van der Waals surface area contributed by atoms with Gasteiger partial charge in [-0.15, -0.1) is 11.3 Å². The van der Waals surface area contributed by atoms with E-state index in [4.69, 9.17) is 0 Å². The molecule has 0 fully saturated rings. The molecule has 132 valence electrons. The van der Waals surface area contributed by atoms with Crippen molar-refractivity contribution in [1.29, 1.82) is 0 Å². The smallest absolute Gasteiger partial charge is 0.281 e. The Morgan fingerprint density at radius 3 is 2.50 bits per heavy atom. The van der Waals surface area contributed by atoms with Gasteiger partial charge in [-0.25, -0.2) is 5.43 Å². The third-order valence-corrected chi connectivity index (χ3v) is 4.85. The van der Waals surface area contributed by atoms with E-state index in [0.29, 0.717) is 4.88 Å². The number of carbonyl (C=O) groups is 1. The molecule has 0 radical (unpaired) electrons. The van der Waals surface area contributed by atoms with Gasteiger partial charge in [-0.05, 0) is 41.6 Å². The van der Waals surface area contributed by atoms with Gasteiger partial charge in [-0.1, -0.05) is 48.5 Å². The SMILES string of the molecule is CCN(Cc1ccccc1)c1ccc(/C=N\NC(=O)c2cccs2)cc1. The summed E-state index contributed by atoms with van der Waals surface area (Å²) in [6, 6.07) is 22.2. The Hall–Kier alpha value is -2.92. The van der Waals surface area contributed by atoms with Crippen LogP contribution in [0.5, 0.6) is 0 Å². The van der Waals surface area contributed by atoms with Crippen LogP contribution in [0, 0.1) is 0 Å². The Balaban J connectivity index is 1.60. The highest BCUT2D eigenvalue weighted by atomic mass is 32.1. The lowest BCUT2D eigenvalue weighted by atomic mass is 10.1. The Kier molecular flexibility index (Phi) is 6.17. The van der Waals surface area contributed by atoms with Crippen LogP contribution in [-0.4, -0.2) is 18.7 Å². The molecule has 1 heterocycles. The summed E-state index contributed by atoms with van der Waals surface area (Å²) >= 11 is 1.39. The van der Waals surface area contributed by atoms with Crippen molar-refractivity contribution in [2.75, 3.05) is 11.4 Å². The lowest BCUT2D eigenvalue weighted by Gasteiger charge is -2.23. The number of nitrogens with one attached hydrogen (secondary N) is 1. The number of hydrogen-bond acceptors (Lipinski definition) is 4. The summed E-state index contributed by atoms with van der Waals surface area (Å²) in [5.74, 6) is -0.187. The minimum atomic E-state index is -0.187. The Labute approximate surface area is 157 Å². The lowest BCUT2D eigenvalue weighted by Crippen LogP contribution is -2.21. The average molecular weight is 363 g/mol. The zero-order chi connectivity index (χ0) is 18.2. The van der Waals surface area contributed by atoms with E-state index < -0.39 is 0 Å². The summed E-state index contributed by atoms with van der Waals surface area (Å²) in [5, 5.41) is 5.90. The molecule has 26 heavy (non-hydrogen) atoms. The van der Waals surface area contributed by atoms with Crippen molar-refractivity contribution >= 4 is 29.1 Å². The predicted molar refractivity (Wildman–Crippen MR) is 109 cm³/mol. The molecule has 3 aromatic rings. The van der Waals surface area contributed by atoms with E-state index in [1.165, 1.54) is 16.9 Å². The Morgan fingerprint density at radius 2 is 1.85 bits per heavy atom. The van der Waals surface area contributed by atoms with Crippen LogP contribution in [0.1, 0.15) is 27.7 Å². The highest BCUT2D eigenvalue weighted by Crippen LogP contribution is 2.17. The topological polar surface area (TPSA) is 44.7 Å². The number of anilines is 1. The van der Waals surface area contributed by atoms with E-state index in [-0.39, 0.29) is 5.91 Å². The monoisotopic (exact) mass is 363 g/mol. The van der Waals surface area contributed by atoms with Crippen molar-refractivity contribution in [3.8, 4) is 0 Å². The predicted octanol–water partition coefficient (Wildman–Crippen LogP) is 4.54. The molecule has 1 amide bonds. The summed E-state index contributed by atoms with van der Waals surface area (Å²) < 4.78 is 0. The van der Waals surface area contributed by atoms with Gasteiger partial charge in [0.05, 0.1) is 11.1 Å². The summed E-state index contributed by atoms with van der Waals surface area (Å²) in [4.78, 5) is 14.8. The Bertz CT molecular complexity index is 843. The molecule has 3 rings (SSSR count). The standard InChI is InChI=1S/C21H21N3OS/c1-2-24(16-18-7-4-3-5-8-18)19-12-10-17(11-13-19)15-22-23-21(25)20-9-6-14-26-20/h3-15H,2,16H2,1H3,(H,23,25)/b22-15-. The van der Waals surface area contributed by atoms with Gasteiger partial charge in [-0.2, -0.15) is 5.10 Å². The highest BCUT2D eigenvalue weighted by molar-refractivity contribution is 7.12. The molecule has 2 aromatic carbocycles. The van der Waals surface area contributed by atoms with Gasteiger partial charge in [0.15, 0.2) is 0 Å². The van der Waals surface area contributed by atoms with Crippen LogP contribution >= 0.6 is 11.3 Å². The third-order valence-electron chi connectivity index (χ3n) is 3.98. The molecule has 0 spiro atoms. The Morgan fingerprint density at radius 1 is 1.08 bits per heavy atom. The van der Waals surface area contributed by atoms with Gasteiger partial charge in [0, 0.05) is 18.8 Å². The number of hydrazone groups is 1. The number of rotatable bonds is 7. The van der Waals surface area contributed by atoms with Crippen molar-refractivity contribution in [3.63, 3.8) is 0 Å². The van der Waals surface area contributed by atoms with Crippen LogP contribution in [0.4, 0.5) is 5.69 Å². The van der Waals surface area contributed by atoms with Crippen LogP contribution in [0.3, 0.4) is 0 Å². The maximum absolute atomic E-state index is 11.8. The maximum Gasteiger partial charge on any atom is 0.281 e. The fraction of sp³-hybridized carbons (Fsp3) is 0.143. The molecular formula is C21H21N3OS. The van der Waals surface area contributed by atoms with Gasteiger partial charge in [-0.3, -0.25) is 4.79 Å². The number of carbonyl (C=O) groups excluding carboxylic acids is 1. The summed E-state index contributed by atoms with van der Waals surface area (Å²) in [6.07, 6.45) is 1.66.